The third kappa shape index (κ3) is 1.54. The van der Waals surface area contributed by atoms with Crippen LogP contribution in [0.2, 0.25) is 0 Å². The van der Waals surface area contributed by atoms with E-state index in [1.54, 1.807) is 0 Å². The monoisotopic (exact) mass is 230 g/mol. The largest absolute Gasteiger partial charge is 0.302 e. The lowest BCUT2D eigenvalue weighted by molar-refractivity contribution is -0.112. The third-order valence-electron chi connectivity index (χ3n) is 3.95. The van der Waals surface area contributed by atoms with Crippen LogP contribution in [-0.2, 0) is 15.6 Å². The predicted octanol–water partition coefficient (Wildman–Crippen LogP) is 2.95. The van der Waals surface area contributed by atoms with E-state index >= 15 is 0 Å². The Morgan fingerprint density at radius 2 is 1.82 bits per heavy atom. The molecule has 0 spiro atoms. The van der Waals surface area contributed by atoms with Crippen LogP contribution in [0.25, 0.3) is 0 Å². The van der Waals surface area contributed by atoms with Crippen LogP contribution >= 0.6 is 0 Å². The van der Waals surface area contributed by atoms with Crippen LogP contribution in [0, 0.1) is 6.92 Å². The molecule has 0 fully saturated rings. The molecule has 0 N–H and O–H groups in total. The first-order valence-electron chi connectivity index (χ1n) is 5.92. The van der Waals surface area contributed by atoms with Gasteiger partial charge in [0.05, 0.1) is 0 Å². The van der Waals surface area contributed by atoms with Crippen molar-refractivity contribution >= 4 is 12.6 Å². The first-order valence-corrected chi connectivity index (χ1v) is 5.92. The Bertz CT molecular complexity index is 500. The lowest BCUT2D eigenvalue weighted by atomic mass is 9.80. The van der Waals surface area contributed by atoms with E-state index in [2.05, 4.69) is 19.9 Å². The van der Waals surface area contributed by atoms with Gasteiger partial charge in [-0.2, -0.15) is 0 Å². The summed E-state index contributed by atoms with van der Waals surface area (Å²) in [4.78, 5) is 22.7. The smallest absolute Gasteiger partial charge is 0.150 e. The number of aldehydes is 2. The van der Waals surface area contributed by atoms with Crippen molar-refractivity contribution in [3.05, 3.63) is 34.4 Å². The molecule has 0 saturated heterocycles. The molecule has 2 rings (SSSR count). The van der Waals surface area contributed by atoms with Crippen LogP contribution in [0.3, 0.4) is 0 Å². The Morgan fingerprint density at radius 1 is 1.18 bits per heavy atom. The van der Waals surface area contributed by atoms with Crippen LogP contribution in [0.1, 0.15) is 54.2 Å². The van der Waals surface area contributed by atoms with Gasteiger partial charge >= 0.3 is 0 Å². The summed E-state index contributed by atoms with van der Waals surface area (Å²) in [6.45, 7) is 8.11. The minimum Gasteiger partial charge on any atom is -0.302 e. The minimum absolute atomic E-state index is 0.0452. The average Bonchev–Trinajstić information content (AvgIpc) is 2.47. The molecule has 0 amide bonds. The first-order chi connectivity index (χ1) is 7.85. The fraction of sp³-hybridized carbons (Fsp3) is 0.467. The van der Waals surface area contributed by atoms with Crippen LogP contribution in [0.5, 0.6) is 0 Å². The summed E-state index contributed by atoms with van der Waals surface area (Å²) in [5.74, 6) is 0. The Labute approximate surface area is 102 Å². The molecule has 17 heavy (non-hydrogen) atoms. The summed E-state index contributed by atoms with van der Waals surface area (Å²) >= 11 is 0. The zero-order valence-electron chi connectivity index (χ0n) is 10.8. The SMILES string of the molecule is Cc1ccc2c(c1C=O)[C@@](C)(C=O)CC2(C)C. The Morgan fingerprint density at radius 3 is 2.35 bits per heavy atom. The zero-order valence-corrected chi connectivity index (χ0v) is 10.8. The number of fused-ring (bicyclic) bond motifs is 1. The van der Waals surface area contributed by atoms with E-state index < -0.39 is 5.41 Å². The fourth-order valence-corrected chi connectivity index (χ4v) is 3.26. The molecule has 2 heteroatoms. The first kappa shape index (κ1) is 12.0. The quantitative estimate of drug-likeness (QED) is 0.732. The second-order valence-electron chi connectivity index (χ2n) is 5.93. The maximum Gasteiger partial charge on any atom is 0.150 e. The van der Waals surface area contributed by atoms with E-state index in [1.807, 2.05) is 19.9 Å². The summed E-state index contributed by atoms with van der Waals surface area (Å²) < 4.78 is 0. The molecule has 1 aliphatic rings. The standard InChI is InChI=1S/C15H18O2/c1-10-5-6-12-13(11(10)7-16)15(4,9-17)8-14(12,2)3/h5-7,9H,8H2,1-4H3/t15-/m1/s1. The third-order valence-corrected chi connectivity index (χ3v) is 3.95. The number of hydrogen-bond acceptors (Lipinski definition) is 2. The summed E-state index contributed by atoms with van der Waals surface area (Å²) in [6.07, 6.45) is 2.65. The van der Waals surface area contributed by atoms with Crippen LogP contribution in [-0.4, -0.2) is 12.6 Å². The minimum atomic E-state index is -0.527. The molecule has 1 aliphatic carbocycles. The highest BCUT2D eigenvalue weighted by molar-refractivity contribution is 5.86. The Balaban J connectivity index is 2.84. The van der Waals surface area contributed by atoms with Crippen molar-refractivity contribution in [3.8, 4) is 0 Å². The van der Waals surface area contributed by atoms with E-state index in [0.717, 1.165) is 35.7 Å². The van der Waals surface area contributed by atoms with E-state index in [1.165, 1.54) is 0 Å². The van der Waals surface area contributed by atoms with Crippen molar-refractivity contribution < 1.29 is 9.59 Å². The molecule has 0 unspecified atom stereocenters. The summed E-state index contributed by atoms with van der Waals surface area (Å²) in [5.41, 5.74) is 3.15. The van der Waals surface area contributed by atoms with Gasteiger partial charge in [0, 0.05) is 11.0 Å². The van der Waals surface area contributed by atoms with Gasteiger partial charge in [-0.25, -0.2) is 0 Å². The molecule has 0 aliphatic heterocycles. The van der Waals surface area contributed by atoms with Crippen molar-refractivity contribution in [1.82, 2.24) is 0 Å². The number of benzene rings is 1. The van der Waals surface area contributed by atoms with Crippen molar-refractivity contribution in [3.63, 3.8) is 0 Å². The van der Waals surface area contributed by atoms with Crippen LogP contribution in [0.15, 0.2) is 12.1 Å². The van der Waals surface area contributed by atoms with Gasteiger partial charge in [0.15, 0.2) is 6.29 Å². The Kier molecular flexibility index (Phi) is 2.49. The topological polar surface area (TPSA) is 34.1 Å². The molecule has 0 aromatic heterocycles. The van der Waals surface area contributed by atoms with Gasteiger partial charge in [0.25, 0.3) is 0 Å². The molecule has 0 bridgehead atoms. The van der Waals surface area contributed by atoms with Gasteiger partial charge in [0.2, 0.25) is 0 Å². The van der Waals surface area contributed by atoms with Crippen LogP contribution < -0.4 is 0 Å². The molecule has 1 aromatic rings. The molecule has 0 saturated carbocycles. The van der Waals surface area contributed by atoms with Crippen molar-refractivity contribution in [2.75, 3.05) is 0 Å². The van der Waals surface area contributed by atoms with Gasteiger partial charge < -0.3 is 4.79 Å². The summed E-state index contributed by atoms with van der Waals surface area (Å²) in [7, 11) is 0. The second-order valence-corrected chi connectivity index (χ2v) is 5.93. The molecule has 1 aromatic carbocycles. The zero-order chi connectivity index (χ0) is 12.8. The molecule has 90 valence electrons. The van der Waals surface area contributed by atoms with Crippen LogP contribution in [0.4, 0.5) is 0 Å². The fourth-order valence-electron chi connectivity index (χ4n) is 3.26. The second kappa shape index (κ2) is 3.52. The highest BCUT2D eigenvalue weighted by Gasteiger charge is 2.46. The maximum absolute atomic E-state index is 11.4. The van der Waals surface area contributed by atoms with E-state index in [9.17, 15) is 9.59 Å². The van der Waals surface area contributed by atoms with Gasteiger partial charge in [-0.3, -0.25) is 4.79 Å². The number of rotatable bonds is 2. The summed E-state index contributed by atoms with van der Waals surface area (Å²) in [6, 6.07) is 4.03. The van der Waals surface area contributed by atoms with Gasteiger partial charge in [0.1, 0.15) is 6.29 Å². The maximum atomic E-state index is 11.4. The lowest BCUT2D eigenvalue weighted by Gasteiger charge is -2.21. The summed E-state index contributed by atoms with van der Waals surface area (Å²) in [5, 5.41) is 0. The van der Waals surface area contributed by atoms with E-state index in [-0.39, 0.29) is 5.41 Å². The number of carbonyl (C=O) groups is 2. The highest BCUT2D eigenvalue weighted by atomic mass is 16.1. The molecule has 2 nitrogen and oxygen atoms in total. The van der Waals surface area contributed by atoms with Crippen molar-refractivity contribution in [1.29, 1.82) is 0 Å². The molecular formula is C15H18O2. The molecule has 0 radical (unpaired) electrons. The van der Waals surface area contributed by atoms with E-state index in [0.29, 0.717) is 5.56 Å². The molecular weight excluding hydrogens is 212 g/mol. The van der Waals surface area contributed by atoms with Gasteiger partial charge in [-0.05, 0) is 42.4 Å². The number of hydrogen-bond donors (Lipinski definition) is 0. The normalized spacial score (nSPS) is 25.4. The predicted molar refractivity (Wildman–Crippen MR) is 67.6 cm³/mol. The van der Waals surface area contributed by atoms with Gasteiger partial charge in [-0.1, -0.05) is 26.0 Å². The van der Waals surface area contributed by atoms with Crippen molar-refractivity contribution in [2.24, 2.45) is 0 Å². The highest BCUT2D eigenvalue weighted by Crippen LogP contribution is 2.49. The molecule has 0 heterocycles. The number of carbonyl (C=O) groups excluding carboxylic acids is 2. The van der Waals surface area contributed by atoms with Crippen molar-refractivity contribution in [2.45, 2.75) is 44.9 Å². The van der Waals surface area contributed by atoms with E-state index in [4.69, 9.17) is 0 Å². The average molecular weight is 230 g/mol. The van der Waals surface area contributed by atoms with Gasteiger partial charge in [-0.15, -0.1) is 0 Å². The lowest BCUT2D eigenvalue weighted by Crippen LogP contribution is -2.24. The number of aryl methyl sites for hydroxylation is 1. The molecule has 1 atom stereocenters. The Hall–Kier alpha value is -1.44.